The van der Waals surface area contributed by atoms with Gasteiger partial charge in [-0.05, 0) is 52.4 Å². The summed E-state index contributed by atoms with van der Waals surface area (Å²) in [5, 5.41) is 3.33. The van der Waals surface area contributed by atoms with Gasteiger partial charge in [0.25, 0.3) is 0 Å². The molecule has 0 aliphatic carbocycles. The number of nitrogens with zero attached hydrogens (tertiary/aromatic N) is 1. The van der Waals surface area contributed by atoms with E-state index >= 15 is 0 Å². The predicted octanol–water partition coefficient (Wildman–Crippen LogP) is 1.12. The Kier molecular flexibility index (Phi) is 5.92. The van der Waals surface area contributed by atoms with E-state index in [0.717, 1.165) is 32.4 Å². The molecule has 0 radical (unpaired) electrons. The van der Waals surface area contributed by atoms with E-state index in [9.17, 15) is 4.79 Å². The van der Waals surface area contributed by atoms with Crippen LogP contribution in [0.4, 0.5) is 0 Å². The van der Waals surface area contributed by atoms with Gasteiger partial charge >= 0.3 is 5.97 Å². The van der Waals surface area contributed by atoms with Crippen LogP contribution < -0.4 is 5.32 Å². The SMILES string of the molecule is CCC(C(=O)OC)C(NC)C1CCN(C)CC1. The van der Waals surface area contributed by atoms with Gasteiger partial charge in [-0.3, -0.25) is 4.79 Å². The maximum atomic E-state index is 11.8. The number of rotatable bonds is 5. The van der Waals surface area contributed by atoms with Gasteiger partial charge in [-0.2, -0.15) is 0 Å². The zero-order valence-corrected chi connectivity index (χ0v) is 11.5. The van der Waals surface area contributed by atoms with E-state index in [1.807, 2.05) is 7.05 Å². The van der Waals surface area contributed by atoms with Crippen molar-refractivity contribution in [1.82, 2.24) is 10.2 Å². The molecule has 0 aromatic heterocycles. The minimum atomic E-state index is -0.0780. The van der Waals surface area contributed by atoms with Crippen molar-refractivity contribution in [3.8, 4) is 0 Å². The van der Waals surface area contributed by atoms with Crippen LogP contribution in [-0.4, -0.2) is 51.2 Å². The van der Waals surface area contributed by atoms with E-state index in [1.165, 1.54) is 7.11 Å². The molecule has 1 aliphatic rings. The predicted molar refractivity (Wildman–Crippen MR) is 68.9 cm³/mol. The second kappa shape index (κ2) is 6.97. The molecular formula is C13H26N2O2. The molecule has 2 atom stereocenters. The lowest BCUT2D eigenvalue weighted by molar-refractivity contribution is -0.147. The first-order valence-corrected chi connectivity index (χ1v) is 6.57. The second-order valence-corrected chi connectivity index (χ2v) is 4.99. The van der Waals surface area contributed by atoms with E-state index in [2.05, 4.69) is 24.2 Å². The van der Waals surface area contributed by atoms with Gasteiger partial charge in [-0.1, -0.05) is 6.92 Å². The molecule has 0 aromatic carbocycles. The monoisotopic (exact) mass is 242 g/mol. The van der Waals surface area contributed by atoms with E-state index in [-0.39, 0.29) is 17.9 Å². The molecule has 0 spiro atoms. The van der Waals surface area contributed by atoms with Crippen molar-refractivity contribution in [2.24, 2.45) is 11.8 Å². The van der Waals surface area contributed by atoms with E-state index in [0.29, 0.717) is 5.92 Å². The van der Waals surface area contributed by atoms with Gasteiger partial charge in [0.05, 0.1) is 13.0 Å². The smallest absolute Gasteiger partial charge is 0.310 e. The van der Waals surface area contributed by atoms with Crippen LogP contribution >= 0.6 is 0 Å². The van der Waals surface area contributed by atoms with Crippen LogP contribution in [0.1, 0.15) is 26.2 Å². The highest BCUT2D eigenvalue weighted by Gasteiger charge is 2.34. The van der Waals surface area contributed by atoms with Gasteiger partial charge in [0.2, 0.25) is 0 Å². The molecule has 1 N–H and O–H groups in total. The average Bonchev–Trinajstić information content (AvgIpc) is 2.36. The summed E-state index contributed by atoms with van der Waals surface area (Å²) in [6, 6.07) is 0.251. The lowest BCUT2D eigenvalue weighted by Crippen LogP contribution is -2.47. The minimum Gasteiger partial charge on any atom is -0.469 e. The van der Waals surface area contributed by atoms with Crippen molar-refractivity contribution < 1.29 is 9.53 Å². The van der Waals surface area contributed by atoms with Crippen LogP contribution in [0.25, 0.3) is 0 Å². The van der Waals surface area contributed by atoms with Gasteiger partial charge in [0, 0.05) is 6.04 Å². The zero-order valence-electron chi connectivity index (χ0n) is 11.5. The molecule has 0 saturated carbocycles. The molecule has 1 fully saturated rings. The molecule has 4 heteroatoms. The van der Waals surface area contributed by atoms with Gasteiger partial charge in [0.1, 0.15) is 0 Å². The Labute approximate surface area is 105 Å². The van der Waals surface area contributed by atoms with Crippen LogP contribution in [0.15, 0.2) is 0 Å². The fourth-order valence-corrected chi connectivity index (χ4v) is 2.87. The zero-order chi connectivity index (χ0) is 12.8. The summed E-state index contributed by atoms with van der Waals surface area (Å²) in [5.74, 6) is 0.490. The fraction of sp³-hybridized carbons (Fsp3) is 0.923. The molecule has 0 aromatic rings. The molecule has 2 unspecified atom stereocenters. The molecule has 100 valence electrons. The Bertz CT molecular complexity index is 238. The van der Waals surface area contributed by atoms with Gasteiger partial charge in [-0.25, -0.2) is 0 Å². The first kappa shape index (κ1) is 14.5. The maximum absolute atomic E-state index is 11.8. The number of hydrogen-bond acceptors (Lipinski definition) is 4. The number of likely N-dealkylation sites (tertiary alicyclic amines) is 1. The Balaban J connectivity index is 2.65. The fourth-order valence-electron chi connectivity index (χ4n) is 2.87. The Morgan fingerprint density at radius 2 is 2.06 bits per heavy atom. The lowest BCUT2D eigenvalue weighted by atomic mass is 9.81. The van der Waals surface area contributed by atoms with Crippen molar-refractivity contribution >= 4 is 5.97 Å². The highest BCUT2D eigenvalue weighted by Crippen LogP contribution is 2.26. The number of ether oxygens (including phenoxy) is 1. The Hall–Kier alpha value is -0.610. The molecule has 4 nitrogen and oxygen atoms in total. The summed E-state index contributed by atoms with van der Waals surface area (Å²) >= 11 is 0. The number of carbonyl (C=O) groups is 1. The second-order valence-electron chi connectivity index (χ2n) is 4.99. The number of esters is 1. The van der Waals surface area contributed by atoms with Crippen molar-refractivity contribution in [2.75, 3.05) is 34.3 Å². The summed E-state index contributed by atoms with van der Waals surface area (Å²) < 4.78 is 4.91. The van der Waals surface area contributed by atoms with Gasteiger partial charge < -0.3 is 15.0 Å². The Morgan fingerprint density at radius 1 is 1.47 bits per heavy atom. The molecular weight excluding hydrogens is 216 g/mol. The highest BCUT2D eigenvalue weighted by molar-refractivity contribution is 5.73. The summed E-state index contributed by atoms with van der Waals surface area (Å²) in [6.45, 7) is 4.31. The van der Waals surface area contributed by atoms with E-state index < -0.39 is 0 Å². The van der Waals surface area contributed by atoms with Gasteiger partial charge in [-0.15, -0.1) is 0 Å². The molecule has 1 rings (SSSR count). The normalized spacial score (nSPS) is 22.1. The largest absolute Gasteiger partial charge is 0.469 e. The number of hydrogen-bond donors (Lipinski definition) is 1. The molecule has 0 bridgehead atoms. The summed E-state index contributed by atoms with van der Waals surface area (Å²) in [7, 11) is 5.59. The molecule has 1 aliphatic heterocycles. The van der Waals surface area contributed by atoms with Crippen LogP contribution in [0, 0.1) is 11.8 Å². The average molecular weight is 242 g/mol. The topological polar surface area (TPSA) is 41.6 Å². The van der Waals surface area contributed by atoms with Crippen LogP contribution in [0.2, 0.25) is 0 Å². The minimum absolute atomic E-state index is 0.0154. The number of methoxy groups -OCH3 is 1. The van der Waals surface area contributed by atoms with Crippen molar-refractivity contribution in [1.29, 1.82) is 0 Å². The summed E-state index contributed by atoms with van der Waals surface area (Å²) in [6.07, 6.45) is 3.16. The number of nitrogens with one attached hydrogen (secondary N) is 1. The lowest BCUT2D eigenvalue weighted by Gasteiger charge is -2.37. The number of piperidine rings is 1. The number of carbonyl (C=O) groups excluding carboxylic acids is 1. The summed E-state index contributed by atoms with van der Waals surface area (Å²) in [5.41, 5.74) is 0. The highest BCUT2D eigenvalue weighted by atomic mass is 16.5. The van der Waals surface area contributed by atoms with Crippen LogP contribution in [-0.2, 0) is 9.53 Å². The molecule has 1 heterocycles. The van der Waals surface area contributed by atoms with Crippen LogP contribution in [0.5, 0.6) is 0 Å². The summed E-state index contributed by atoms with van der Waals surface area (Å²) in [4.78, 5) is 14.1. The third-order valence-electron chi connectivity index (χ3n) is 3.98. The molecule has 1 saturated heterocycles. The van der Waals surface area contributed by atoms with E-state index in [4.69, 9.17) is 4.74 Å². The third-order valence-corrected chi connectivity index (χ3v) is 3.98. The first-order valence-electron chi connectivity index (χ1n) is 6.57. The standard InChI is InChI=1S/C13H26N2O2/c1-5-11(13(16)17-4)12(14-2)10-6-8-15(3)9-7-10/h10-12,14H,5-9H2,1-4H3. The maximum Gasteiger partial charge on any atom is 0.310 e. The van der Waals surface area contributed by atoms with Crippen molar-refractivity contribution in [3.63, 3.8) is 0 Å². The van der Waals surface area contributed by atoms with E-state index in [1.54, 1.807) is 0 Å². The molecule has 17 heavy (non-hydrogen) atoms. The molecule has 0 amide bonds. The van der Waals surface area contributed by atoms with Gasteiger partial charge in [0.15, 0.2) is 0 Å². The quantitative estimate of drug-likeness (QED) is 0.734. The van der Waals surface area contributed by atoms with Crippen molar-refractivity contribution in [3.05, 3.63) is 0 Å². The van der Waals surface area contributed by atoms with Crippen molar-refractivity contribution in [2.45, 2.75) is 32.2 Å². The Morgan fingerprint density at radius 3 is 2.47 bits per heavy atom. The first-order chi connectivity index (χ1) is 8.13. The third kappa shape index (κ3) is 3.68. The van der Waals surface area contributed by atoms with Crippen LogP contribution in [0.3, 0.4) is 0 Å².